The molecule has 0 aliphatic carbocycles. The molecule has 0 saturated carbocycles. The molecule has 6 heteroatoms. The average Bonchev–Trinajstić information content (AvgIpc) is 2.47. The molecule has 0 heterocycles. The maximum atomic E-state index is 13.2. The van der Waals surface area contributed by atoms with E-state index in [1.54, 1.807) is 6.07 Å². The van der Waals surface area contributed by atoms with Gasteiger partial charge in [-0.3, -0.25) is 0 Å². The van der Waals surface area contributed by atoms with Gasteiger partial charge in [-0.05, 0) is 35.9 Å². The predicted octanol–water partition coefficient (Wildman–Crippen LogP) is 2.56. The summed E-state index contributed by atoms with van der Waals surface area (Å²) < 4.78 is 18.6. The molecule has 0 aliphatic heterocycles. The molecule has 0 fully saturated rings. The van der Waals surface area contributed by atoms with E-state index >= 15 is 0 Å². The van der Waals surface area contributed by atoms with Crippen molar-refractivity contribution in [3.05, 3.63) is 58.9 Å². The Hall–Kier alpha value is -3.07. The summed E-state index contributed by atoms with van der Waals surface area (Å²) in [5, 5.41) is 17.6. The van der Waals surface area contributed by atoms with E-state index in [1.807, 2.05) is 0 Å². The van der Waals surface area contributed by atoms with Crippen molar-refractivity contribution in [1.29, 1.82) is 5.26 Å². The molecule has 0 bridgehead atoms. The van der Waals surface area contributed by atoms with Crippen LogP contribution in [0.4, 0.5) is 10.1 Å². The van der Waals surface area contributed by atoms with Crippen LogP contribution in [0.1, 0.15) is 21.5 Å². The van der Waals surface area contributed by atoms with Crippen LogP contribution in [0.3, 0.4) is 0 Å². The highest BCUT2D eigenvalue weighted by atomic mass is 19.1. The zero-order valence-electron chi connectivity index (χ0n) is 10.8. The molecule has 0 aromatic heterocycles. The van der Waals surface area contributed by atoms with Crippen LogP contribution >= 0.6 is 0 Å². The Morgan fingerprint density at radius 1 is 1.33 bits per heavy atom. The Labute approximate surface area is 120 Å². The fraction of sp³-hybridized carbons (Fsp3) is 0.0667. The fourth-order valence-electron chi connectivity index (χ4n) is 1.72. The van der Waals surface area contributed by atoms with E-state index < -0.39 is 11.8 Å². The highest BCUT2D eigenvalue weighted by Gasteiger charge is 2.08. The van der Waals surface area contributed by atoms with Gasteiger partial charge in [-0.25, -0.2) is 9.18 Å². The number of nitrogens with zero attached hydrogens (tertiary/aromatic N) is 1. The van der Waals surface area contributed by atoms with Crippen molar-refractivity contribution in [3.8, 4) is 11.8 Å². The number of halogens is 1. The number of carboxylic acids is 1. The first-order valence-corrected chi connectivity index (χ1v) is 5.95. The number of ether oxygens (including phenoxy) is 1. The minimum atomic E-state index is -1.08. The predicted molar refractivity (Wildman–Crippen MR) is 73.3 cm³/mol. The first-order valence-electron chi connectivity index (χ1n) is 5.95. The van der Waals surface area contributed by atoms with Crippen LogP contribution in [0.2, 0.25) is 0 Å². The van der Waals surface area contributed by atoms with Gasteiger partial charge in [-0.2, -0.15) is 5.26 Å². The zero-order chi connectivity index (χ0) is 15.4. The number of nitrogen functional groups attached to an aromatic ring is 1. The van der Waals surface area contributed by atoms with E-state index in [9.17, 15) is 9.18 Å². The Kier molecular flexibility index (Phi) is 4.05. The molecule has 0 aliphatic rings. The van der Waals surface area contributed by atoms with Crippen molar-refractivity contribution in [2.75, 3.05) is 5.73 Å². The monoisotopic (exact) mass is 286 g/mol. The van der Waals surface area contributed by atoms with Crippen molar-refractivity contribution >= 4 is 11.7 Å². The molecule has 0 saturated heterocycles. The summed E-state index contributed by atoms with van der Waals surface area (Å²) >= 11 is 0. The summed E-state index contributed by atoms with van der Waals surface area (Å²) in [4.78, 5) is 10.8. The quantitative estimate of drug-likeness (QED) is 0.842. The third-order valence-corrected chi connectivity index (χ3v) is 2.80. The smallest absolute Gasteiger partial charge is 0.335 e. The van der Waals surface area contributed by atoms with E-state index in [4.69, 9.17) is 20.8 Å². The molecule has 2 aromatic carbocycles. The van der Waals surface area contributed by atoms with Gasteiger partial charge in [-0.15, -0.1) is 0 Å². The Morgan fingerprint density at radius 2 is 2.10 bits per heavy atom. The summed E-state index contributed by atoms with van der Waals surface area (Å²) in [5.74, 6) is -1.35. The lowest BCUT2D eigenvalue weighted by atomic mass is 10.1. The number of nitrogens with two attached hydrogens (primary N) is 1. The molecule has 0 radical (unpaired) electrons. The number of carbonyl (C=O) groups is 1. The number of hydrogen-bond acceptors (Lipinski definition) is 4. The lowest BCUT2D eigenvalue weighted by Crippen LogP contribution is -2.02. The van der Waals surface area contributed by atoms with Crippen molar-refractivity contribution in [3.63, 3.8) is 0 Å². The minimum absolute atomic E-state index is 0.0633. The van der Waals surface area contributed by atoms with Crippen molar-refractivity contribution in [1.82, 2.24) is 0 Å². The average molecular weight is 286 g/mol. The molecule has 0 unspecified atom stereocenters. The Bertz CT molecular complexity index is 738. The number of nitriles is 1. The second kappa shape index (κ2) is 5.92. The molecule has 2 aromatic rings. The molecule has 0 atom stereocenters. The van der Waals surface area contributed by atoms with Crippen LogP contribution in [0.15, 0.2) is 36.4 Å². The summed E-state index contributed by atoms with van der Waals surface area (Å²) in [5.41, 5.74) is 6.50. The third-order valence-electron chi connectivity index (χ3n) is 2.80. The Morgan fingerprint density at radius 3 is 2.71 bits per heavy atom. The van der Waals surface area contributed by atoms with Gasteiger partial charge < -0.3 is 15.6 Å². The second-order valence-corrected chi connectivity index (χ2v) is 4.27. The van der Waals surface area contributed by atoms with Crippen LogP contribution in [0, 0.1) is 17.1 Å². The number of carboxylic acid groups (broad SMARTS) is 1. The zero-order valence-corrected chi connectivity index (χ0v) is 10.8. The van der Waals surface area contributed by atoms with Crippen LogP contribution in [-0.2, 0) is 6.61 Å². The first-order chi connectivity index (χ1) is 10.0. The van der Waals surface area contributed by atoms with E-state index in [0.717, 1.165) is 0 Å². The molecular formula is C15H11FN2O3. The van der Waals surface area contributed by atoms with Gasteiger partial charge in [-0.1, -0.05) is 6.07 Å². The molecule has 0 amide bonds. The number of hydrogen-bond donors (Lipinski definition) is 2. The van der Waals surface area contributed by atoms with Crippen molar-refractivity contribution in [2.45, 2.75) is 6.61 Å². The van der Waals surface area contributed by atoms with E-state index in [0.29, 0.717) is 11.3 Å². The van der Waals surface area contributed by atoms with E-state index in [1.165, 1.54) is 36.4 Å². The minimum Gasteiger partial charge on any atom is -0.487 e. The van der Waals surface area contributed by atoms with Gasteiger partial charge in [0.05, 0.1) is 16.8 Å². The van der Waals surface area contributed by atoms with Crippen LogP contribution in [0.5, 0.6) is 5.75 Å². The van der Waals surface area contributed by atoms with Gasteiger partial charge in [0, 0.05) is 0 Å². The molecule has 0 spiro atoms. The molecule has 21 heavy (non-hydrogen) atoms. The van der Waals surface area contributed by atoms with Crippen molar-refractivity contribution in [2.24, 2.45) is 0 Å². The standard InChI is InChI=1S/C15H11FN2O3/c16-12-3-1-9(5-11(12)7-17)8-21-14-4-2-10(15(19)20)6-13(14)18/h1-6H,8,18H2,(H,19,20). The number of aromatic carboxylic acids is 1. The number of rotatable bonds is 4. The van der Waals surface area contributed by atoms with Gasteiger partial charge >= 0.3 is 5.97 Å². The van der Waals surface area contributed by atoms with Gasteiger partial charge in [0.2, 0.25) is 0 Å². The molecule has 3 N–H and O–H groups in total. The molecular weight excluding hydrogens is 275 g/mol. The maximum Gasteiger partial charge on any atom is 0.335 e. The highest BCUT2D eigenvalue weighted by molar-refractivity contribution is 5.89. The van der Waals surface area contributed by atoms with Crippen LogP contribution in [0.25, 0.3) is 0 Å². The van der Waals surface area contributed by atoms with Gasteiger partial charge in [0.25, 0.3) is 0 Å². The largest absolute Gasteiger partial charge is 0.487 e. The molecule has 106 valence electrons. The van der Waals surface area contributed by atoms with E-state index in [2.05, 4.69) is 0 Å². The molecule has 2 rings (SSSR count). The molecule has 5 nitrogen and oxygen atoms in total. The van der Waals surface area contributed by atoms with Crippen LogP contribution < -0.4 is 10.5 Å². The van der Waals surface area contributed by atoms with Crippen molar-refractivity contribution < 1.29 is 19.0 Å². The summed E-state index contributed by atoms with van der Waals surface area (Å²) in [6.45, 7) is 0.0889. The first kappa shape index (κ1) is 14.3. The highest BCUT2D eigenvalue weighted by Crippen LogP contribution is 2.24. The number of benzene rings is 2. The number of anilines is 1. The van der Waals surface area contributed by atoms with Gasteiger partial charge in [0.15, 0.2) is 0 Å². The Balaban J connectivity index is 2.13. The fourth-order valence-corrected chi connectivity index (χ4v) is 1.72. The SMILES string of the molecule is N#Cc1cc(COc2ccc(C(=O)O)cc2N)ccc1F. The topological polar surface area (TPSA) is 96.3 Å². The lowest BCUT2D eigenvalue weighted by Gasteiger charge is -2.10. The van der Waals surface area contributed by atoms with E-state index in [-0.39, 0.29) is 23.4 Å². The second-order valence-electron chi connectivity index (χ2n) is 4.27. The summed E-state index contributed by atoms with van der Waals surface area (Å²) in [6.07, 6.45) is 0. The third kappa shape index (κ3) is 3.28. The van der Waals surface area contributed by atoms with Gasteiger partial charge in [0.1, 0.15) is 24.2 Å². The summed E-state index contributed by atoms with van der Waals surface area (Å²) in [7, 11) is 0. The van der Waals surface area contributed by atoms with Crippen LogP contribution in [-0.4, -0.2) is 11.1 Å². The summed E-state index contributed by atoms with van der Waals surface area (Å²) in [6, 6.07) is 9.94. The normalized spacial score (nSPS) is 9.90. The lowest BCUT2D eigenvalue weighted by molar-refractivity contribution is 0.0697. The maximum absolute atomic E-state index is 13.2.